The molecule has 5 atom stereocenters. The Kier molecular flexibility index (Phi) is 9.57. The van der Waals surface area contributed by atoms with Crippen molar-refractivity contribution < 1.29 is 28.3 Å². The molecular formula is C38H45FN6O5Si. The number of nitrogens with zero attached hydrogens (tertiary/aromatic N) is 5. The Balaban J connectivity index is 1.16. The number of carbonyl (C=O) groups excluding carboxylic acids is 2. The normalized spacial score (nSPS) is 24.0. The van der Waals surface area contributed by atoms with Crippen LogP contribution < -0.4 is 19.9 Å². The molecule has 1 spiro atoms. The maximum atomic E-state index is 16.4. The Morgan fingerprint density at radius 2 is 1.88 bits per heavy atom. The second-order valence-electron chi connectivity index (χ2n) is 14.3. The van der Waals surface area contributed by atoms with E-state index in [0.29, 0.717) is 48.7 Å². The number of aliphatic hydroxyl groups excluding tert-OH is 1. The number of fused-ring (bicyclic) bond motifs is 2. The van der Waals surface area contributed by atoms with Gasteiger partial charge < -0.3 is 33.8 Å². The van der Waals surface area contributed by atoms with E-state index in [-0.39, 0.29) is 30.9 Å². The molecule has 2 amide bonds. The van der Waals surface area contributed by atoms with Crippen molar-refractivity contribution in [3.05, 3.63) is 101 Å². The number of rotatable bonds is 11. The fourth-order valence-electron chi connectivity index (χ4n) is 8.32. The van der Waals surface area contributed by atoms with Gasteiger partial charge in [-0.3, -0.25) is 14.3 Å². The lowest BCUT2D eigenvalue weighted by atomic mass is 9.82. The molecule has 0 aliphatic carbocycles. The van der Waals surface area contributed by atoms with Gasteiger partial charge in [0.25, 0.3) is 5.91 Å². The number of piperazine rings is 1. The number of halogens is 1. The van der Waals surface area contributed by atoms with Crippen LogP contribution in [0.3, 0.4) is 0 Å². The first-order valence-electron chi connectivity index (χ1n) is 17.6. The number of amides is 2. The summed E-state index contributed by atoms with van der Waals surface area (Å²) < 4.78 is 30.7. The van der Waals surface area contributed by atoms with Crippen LogP contribution in [0.2, 0.25) is 18.6 Å². The summed E-state index contributed by atoms with van der Waals surface area (Å²) in [4.78, 5) is 30.8. The zero-order chi connectivity index (χ0) is 35.9. The summed E-state index contributed by atoms with van der Waals surface area (Å²) in [6.07, 6.45) is 1.69. The van der Waals surface area contributed by atoms with Gasteiger partial charge in [0, 0.05) is 48.5 Å². The molecule has 2 saturated heterocycles. The monoisotopic (exact) mass is 712 g/mol. The first-order valence-corrected chi connectivity index (χ1v) is 20.5. The summed E-state index contributed by atoms with van der Waals surface area (Å²) in [5.41, 5.74) is 2.82. The molecule has 11 nitrogen and oxygen atoms in total. The molecule has 51 heavy (non-hydrogen) atoms. The third-order valence-electron chi connectivity index (χ3n) is 10.8. The number of hydrogen-bond donors (Lipinski definition) is 2. The third-order valence-corrected chi connectivity index (χ3v) is 13.2. The quantitative estimate of drug-likeness (QED) is 0.169. The zero-order valence-electron chi connectivity index (χ0n) is 29.5. The molecule has 4 aromatic rings. The van der Waals surface area contributed by atoms with Crippen molar-refractivity contribution in [2.24, 2.45) is 5.92 Å². The van der Waals surface area contributed by atoms with E-state index in [2.05, 4.69) is 15.6 Å². The number of hydrogen-bond acceptors (Lipinski definition) is 8. The largest absolute Gasteiger partial charge is 0.497 e. The van der Waals surface area contributed by atoms with Gasteiger partial charge in [-0.2, -0.15) is 0 Å². The second-order valence-corrected chi connectivity index (χ2v) is 18.1. The van der Waals surface area contributed by atoms with Gasteiger partial charge in [-0.25, -0.2) is 0 Å². The van der Waals surface area contributed by atoms with Crippen molar-refractivity contribution in [1.29, 1.82) is 0 Å². The minimum atomic E-state index is -3.38. The van der Waals surface area contributed by atoms with Crippen molar-refractivity contribution in [3.63, 3.8) is 0 Å². The van der Waals surface area contributed by atoms with Gasteiger partial charge in [0.05, 0.1) is 50.2 Å². The highest BCUT2D eigenvalue weighted by atomic mass is 28.4. The number of anilines is 2. The number of ether oxygens (including phenoxy) is 2. The number of aromatic nitrogens is 3. The summed E-state index contributed by atoms with van der Waals surface area (Å²) in [6, 6.07) is 23.0. The van der Waals surface area contributed by atoms with Crippen LogP contribution >= 0.6 is 0 Å². The highest BCUT2D eigenvalue weighted by Crippen LogP contribution is 2.60. The molecule has 13 heteroatoms. The lowest BCUT2D eigenvalue weighted by molar-refractivity contribution is -0.146. The Morgan fingerprint density at radius 3 is 2.57 bits per heavy atom. The molecule has 3 aromatic carbocycles. The van der Waals surface area contributed by atoms with Crippen LogP contribution in [0.25, 0.3) is 0 Å². The maximum absolute atomic E-state index is 16.4. The molecule has 4 heterocycles. The number of aryl methyl sites for hydroxylation is 1. The Morgan fingerprint density at radius 1 is 1.12 bits per heavy atom. The minimum Gasteiger partial charge on any atom is -0.497 e. The van der Waals surface area contributed by atoms with Crippen LogP contribution in [0.5, 0.6) is 5.75 Å². The average Bonchev–Trinajstić information content (AvgIpc) is 3.78. The molecule has 2 N–H and O–H groups in total. The Bertz CT molecular complexity index is 1890. The lowest BCUT2D eigenvalue weighted by Gasteiger charge is -2.31. The lowest BCUT2D eigenvalue weighted by Crippen LogP contribution is -2.48. The van der Waals surface area contributed by atoms with Crippen molar-refractivity contribution in [2.45, 2.75) is 62.7 Å². The number of carbonyl (C=O) groups is 2. The number of nitrogens with one attached hydrogen (secondary N) is 1. The molecule has 7 rings (SSSR count). The predicted molar refractivity (Wildman–Crippen MR) is 194 cm³/mol. The van der Waals surface area contributed by atoms with Gasteiger partial charge in [-0.15, -0.1) is 5.10 Å². The summed E-state index contributed by atoms with van der Waals surface area (Å²) >= 11 is 0. The number of benzene rings is 3. The minimum absolute atomic E-state index is 0.0233. The van der Waals surface area contributed by atoms with Crippen LogP contribution in [0, 0.1) is 5.92 Å². The van der Waals surface area contributed by atoms with E-state index in [1.165, 1.54) is 0 Å². The summed E-state index contributed by atoms with van der Waals surface area (Å²) in [7, 11) is -1.80. The van der Waals surface area contributed by atoms with Gasteiger partial charge in [-0.05, 0) is 61.0 Å². The van der Waals surface area contributed by atoms with Crippen molar-refractivity contribution in [1.82, 2.24) is 20.3 Å². The SMILES string of the molecule is COc1ccc2c(c1)[C@@]1(O[C@H](CCn3cc(C(CO)c4ccccc4)nn3)[C@@H]([Si](C)(C)F)[C@@H]1C)C(=O)N2Cc1ccc(N2CCNCC2=O)cc1. The summed E-state index contributed by atoms with van der Waals surface area (Å²) in [5, 5.41) is 21.9. The number of aliphatic hydroxyl groups is 1. The molecule has 3 aliphatic rings. The fraction of sp³-hybridized carbons (Fsp3) is 0.421. The molecule has 2 fully saturated rings. The van der Waals surface area contributed by atoms with Crippen LogP contribution in [-0.4, -0.2) is 79.8 Å². The van der Waals surface area contributed by atoms with Crippen molar-refractivity contribution in [3.8, 4) is 5.75 Å². The molecule has 0 radical (unpaired) electrons. The summed E-state index contributed by atoms with van der Waals surface area (Å²) in [6.45, 7) is 7.54. The van der Waals surface area contributed by atoms with Crippen molar-refractivity contribution >= 4 is 31.6 Å². The fourth-order valence-corrected chi connectivity index (χ4v) is 10.9. The second kappa shape index (κ2) is 13.9. The zero-order valence-corrected chi connectivity index (χ0v) is 30.5. The van der Waals surface area contributed by atoms with Crippen LogP contribution in [0.1, 0.15) is 41.6 Å². The van der Waals surface area contributed by atoms with Gasteiger partial charge in [0.1, 0.15) is 5.75 Å². The van der Waals surface area contributed by atoms with E-state index in [9.17, 15) is 14.7 Å². The highest BCUT2D eigenvalue weighted by molar-refractivity contribution is 6.72. The number of methoxy groups -OCH3 is 1. The van der Waals surface area contributed by atoms with E-state index in [1.54, 1.807) is 34.7 Å². The first kappa shape index (κ1) is 35.0. The molecular weight excluding hydrogens is 668 g/mol. The first-order chi connectivity index (χ1) is 24.5. The third kappa shape index (κ3) is 6.37. The molecule has 0 bridgehead atoms. The van der Waals surface area contributed by atoms with E-state index in [4.69, 9.17) is 9.47 Å². The molecule has 3 aliphatic heterocycles. The average molecular weight is 713 g/mol. The van der Waals surface area contributed by atoms with E-state index >= 15 is 4.11 Å². The summed E-state index contributed by atoms with van der Waals surface area (Å²) in [5.74, 6) is -0.378. The van der Waals surface area contributed by atoms with E-state index < -0.39 is 31.6 Å². The topological polar surface area (TPSA) is 122 Å². The van der Waals surface area contributed by atoms with E-state index in [1.807, 2.05) is 85.9 Å². The maximum Gasteiger partial charge on any atom is 0.264 e. The Hall–Kier alpha value is -4.43. The molecule has 1 aromatic heterocycles. The molecule has 268 valence electrons. The van der Waals surface area contributed by atoms with Crippen LogP contribution in [0.4, 0.5) is 15.5 Å². The van der Waals surface area contributed by atoms with Gasteiger partial charge in [0.2, 0.25) is 14.3 Å². The van der Waals surface area contributed by atoms with Gasteiger partial charge in [-0.1, -0.05) is 54.6 Å². The predicted octanol–water partition coefficient (Wildman–Crippen LogP) is 4.76. The molecule has 1 unspecified atom stereocenters. The van der Waals surface area contributed by atoms with Crippen LogP contribution in [0.15, 0.2) is 79.0 Å². The standard InChI is InChI=1S/C38H45FN6O5Si/c1-25-36(51(3,4)39)34(16-18-43-23-32(41-42-43)30(24-46)27-8-6-5-7-9-27)50-38(25)31-20-29(49-2)14-15-33(31)45(37(38)48)22-26-10-12-28(13-11-26)44-19-17-40-21-35(44)47/h5-15,20,23,25,30,34,36,40,46H,16-19,21-22,24H2,1-4H3/t25-,30?,34+,36-,38+/m0/s1. The van der Waals surface area contributed by atoms with Crippen molar-refractivity contribution in [2.75, 3.05) is 43.2 Å². The van der Waals surface area contributed by atoms with Gasteiger partial charge in [0.15, 0.2) is 5.60 Å². The van der Waals surface area contributed by atoms with Gasteiger partial charge >= 0.3 is 0 Å². The molecule has 0 saturated carbocycles. The van der Waals surface area contributed by atoms with Crippen LogP contribution in [-0.2, 0) is 33.0 Å². The Labute approximate surface area is 298 Å². The van der Waals surface area contributed by atoms with E-state index in [0.717, 1.165) is 23.4 Å². The highest BCUT2D eigenvalue weighted by Gasteiger charge is 2.66. The smallest absolute Gasteiger partial charge is 0.264 e.